The summed E-state index contributed by atoms with van der Waals surface area (Å²) >= 11 is 7.17. The Morgan fingerprint density at radius 1 is 1.03 bits per heavy atom. The summed E-state index contributed by atoms with van der Waals surface area (Å²) in [6.07, 6.45) is 8.48. The lowest BCUT2D eigenvalue weighted by Gasteiger charge is -2.13. The quantitative estimate of drug-likeness (QED) is 0.328. The van der Waals surface area contributed by atoms with E-state index in [9.17, 15) is 4.39 Å². The molecule has 0 spiro atoms. The minimum atomic E-state index is -0.280. The third-order valence-electron chi connectivity index (χ3n) is 5.35. The van der Waals surface area contributed by atoms with Crippen molar-refractivity contribution in [3.63, 3.8) is 0 Å². The molecule has 1 saturated carbocycles. The van der Waals surface area contributed by atoms with E-state index in [0.29, 0.717) is 12.0 Å². The maximum atomic E-state index is 13.5. The second kappa shape index (κ2) is 8.07. The number of anilines is 1. The molecule has 1 N–H and O–H groups in total. The van der Waals surface area contributed by atoms with Crippen LogP contribution < -0.4 is 5.32 Å². The summed E-state index contributed by atoms with van der Waals surface area (Å²) in [6, 6.07) is 10.6. The van der Waals surface area contributed by atoms with Crippen LogP contribution in [-0.2, 0) is 0 Å². The Hall–Kier alpha value is -2.32. The number of aromatic nitrogens is 4. The van der Waals surface area contributed by atoms with E-state index in [2.05, 4.69) is 42.2 Å². The van der Waals surface area contributed by atoms with Gasteiger partial charge in [-0.3, -0.25) is 4.40 Å². The first-order chi connectivity index (χ1) is 14.6. The molecule has 0 bridgehead atoms. The molecule has 1 aliphatic carbocycles. The molecule has 5 nitrogen and oxygen atoms in total. The number of hydrogen-bond acceptors (Lipinski definition) is 4. The van der Waals surface area contributed by atoms with Crippen LogP contribution in [0, 0.1) is 5.82 Å². The van der Waals surface area contributed by atoms with E-state index in [0.717, 1.165) is 50.1 Å². The molecule has 8 heteroatoms. The van der Waals surface area contributed by atoms with Crippen molar-refractivity contribution in [2.75, 3.05) is 5.32 Å². The lowest BCUT2D eigenvalue weighted by molar-refractivity contribution is 0.628. The highest BCUT2D eigenvalue weighted by Crippen LogP contribution is 2.35. The van der Waals surface area contributed by atoms with Gasteiger partial charge in [-0.15, -0.1) is 0 Å². The third-order valence-corrected chi connectivity index (χ3v) is 6.36. The lowest BCUT2D eigenvalue weighted by atomic mass is 10.1. The summed E-state index contributed by atoms with van der Waals surface area (Å²) in [5.41, 5.74) is 3.90. The Morgan fingerprint density at radius 2 is 1.80 bits per heavy atom. The molecule has 0 atom stereocenters. The molecule has 30 heavy (non-hydrogen) atoms. The molecule has 0 amide bonds. The zero-order chi connectivity index (χ0) is 20.7. The van der Waals surface area contributed by atoms with E-state index in [1.165, 1.54) is 25.0 Å². The van der Waals surface area contributed by atoms with Crippen LogP contribution in [0.2, 0.25) is 0 Å². The predicted molar refractivity (Wildman–Crippen MR) is 123 cm³/mol. The number of nitrogens with zero attached hydrogens (tertiary/aromatic N) is 4. The number of pyridine rings is 1. The minimum absolute atomic E-state index is 0.280. The van der Waals surface area contributed by atoms with Crippen molar-refractivity contribution in [1.82, 2.24) is 19.4 Å². The van der Waals surface area contributed by atoms with Crippen LogP contribution >= 0.6 is 31.9 Å². The molecule has 0 unspecified atom stereocenters. The number of fused-ring (bicyclic) bond motifs is 1. The SMILES string of the molecule is Fc1ccc(-c2nc3c(Br)cc(Br)cn3c2-c2ccnc(NC3CCCC3)n2)cc1. The first-order valence-electron chi connectivity index (χ1n) is 9.81. The average molecular weight is 531 g/mol. The van der Waals surface area contributed by atoms with Gasteiger partial charge in [-0.05, 0) is 81.1 Å². The monoisotopic (exact) mass is 529 g/mol. The molecule has 152 valence electrons. The fraction of sp³-hybridized carbons (Fsp3) is 0.227. The molecule has 1 aromatic carbocycles. The van der Waals surface area contributed by atoms with E-state index in [1.54, 1.807) is 18.3 Å². The number of halogens is 3. The van der Waals surface area contributed by atoms with Crippen LogP contribution in [0.25, 0.3) is 28.3 Å². The predicted octanol–water partition coefficient (Wildman–Crippen LogP) is 6.48. The van der Waals surface area contributed by atoms with E-state index in [4.69, 9.17) is 9.97 Å². The highest BCUT2D eigenvalue weighted by Gasteiger charge is 2.21. The lowest BCUT2D eigenvalue weighted by Crippen LogP contribution is -2.16. The van der Waals surface area contributed by atoms with Gasteiger partial charge in [0.05, 0.1) is 21.6 Å². The Bertz CT molecular complexity index is 1220. The molecule has 0 aliphatic heterocycles. The van der Waals surface area contributed by atoms with Crippen molar-refractivity contribution in [2.24, 2.45) is 0 Å². The topological polar surface area (TPSA) is 55.1 Å². The van der Waals surface area contributed by atoms with Crippen molar-refractivity contribution in [2.45, 2.75) is 31.7 Å². The highest BCUT2D eigenvalue weighted by atomic mass is 79.9. The van der Waals surface area contributed by atoms with Gasteiger partial charge in [0, 0.05) is 28.5 Å². The molecule has 1 fully saturated rings. The number of imidazole rings is 1. The summed E-state index contributed by atoms with van der Waals surface area (Å²) < 4.78 is 17.3. The van der Waals surface area contributed by atoms with E-state index in [-0.39, 0.29) is 5.82 Å². The van der Waals surface area contributed by atoms with Crippen LogP contribution in [0.3, 0.4) is 0 Å². The van der Waals surface area contributed by atoms with E-state index >= 15 is 0 Å². The van der Waals surface area contributed by atoms with Crippen LogP contribution in [0.4, 0.5) is 10.3 Å². The van der Waals surface area contributed by atoms with Crippen molar-refractivity contribution in [3.05, 3.63) is 63.6 Å². The Balaban J connectivity index is 1.69. The van der Waals surface area contributed by atoms with Crippen molar-refractivity contribution < 1.29 is 4.39 Å². The molecule has 5 rings (SSSR count). The van der Waals surface area contributed by atoms with Gasteiger partial charge in [0.15, 0.2) is 5.65 Å². The van der Waals surface area contributed by atoms with E-state index < -0.39 is 0 Å². The van der Waals surface area contributed by atoms with Crippen LogP contribution in [0.15, 0.2) is 57.7 Å². The molecule has 4 aromatic rings. The second-order valence-corrected chi connectivity index (χ2v) is 9.18. The van der Waals surface area contributed by atoms with Crippen LogP contribution in [0.1, 0.15) is 25.7 Å². The Morgan fingerprint density at radius 3 is 2.57 bits per heavy atom. The van der Waals surface area contributed by atoms with Crippen LogP contribution in [-0.4, -0.2) is 25.4 Å². The number of hydrogen-bond donors (Lipinski definition) is 1. The average Bonchev–Trinajstić information content (AvgIpc) is 3.37. The maximum Gasteiger partial charge on any atom is 0.223 e. The fourth-order valence-electron chi connectivity index (χ4n) is 3.94. The van der Waals surface area contributed by atoms with Gasteiger partial charge in [-0.1, -0.05) is 12.8 Å². The minimum Gasteiger partial charge on any atom is -0.351 e. The van der Waals surface area contributed by atoms with Crippen LogP contribution in [0.5, 0.6) is 0 Å². The molecular formula is C22H18Br2FN5. The first kappa shape index (κ1) is 19.6. The summed E-state index contributed by atoms with van der Waals surface area (Å²) in [5, 5.41) is 3.46. The zero-order valence-corrected chi connectivity index (χ0v) is 19.1. The molecule has 3 aromatic heterocycles. The standard InChI is InChI=1S/C22H18Br2FN5/c23-14-11-17(24)21-29-19(13-5-7-15(25)8-6-13)20(30(21)12-14)18-9-10-26-22(28-18)27-16-3-1-2-4-16/h5-12,16H,1-4H2,(H,26,27,28). The summed E-state index contributed by atoms with van der Waals surface area (Å²) in [6.45, 7) is 0. The van der Waals surface area contributed by atoms with E-state index in [1.807, 2.05) is 22.7 Å². The number of rotatable bonds is 4. The summed E-state index contributed by atoms with van der Waals surface area (Å²) in [4.78, 5) is 14.1. The number of nitrogens with one attached hydrogen (secondary N) is 1. The van der Waals surface area contributed by atoms with Gasteiger partial charge in [0.2, 0.25) is 5.95 Å². The van der Waals surface area contributed by atoms with Crippen molar-refractivity contribution in [3.8, 4) is 22.6 Å². The van der Waals surface area contributed by atoms with Crippen molar-refractivity contribution >= 4 is 43.5 Å². The van der Waals surface area contributed by atoms with Gasteiger partial charge in [0.1, 0.15) is 5.82 Å². The van der Waals surface area contributed by atoms with Gasteiger partial charge >= 0.3 is 0 Å². The molecule has 0 radical (unpaired) electrons. The van der Waals surface area contributed by atoms with Gasteiger partial charge in [-0.25, -0.2) is 19.3 Å². The first-order valence-corrected chi connectivity index (χ1v) is 11.4. The molecule has 0 saturated heterocycles. The van der Waals surface area contributed by atoms with Gasteiger partial charge < -0.3 is 5.32 Å². The zero-order valence-electron chi connectivity index (χ0n) is 15.9. The largest absolute Gasteiger partial charge is 0.351 e. The molecule has 3 heterocycles. The van der Waals surface area contributed by atoms with Gasteiger partial charge in [0.25, 0.3) is 0 Å². The molecular weight excluding hydrogens is 513 g/mol. The smallest absolute Gasteiger partial charge is 0.223 e. The Kier molecular flexibility index (Phi) is 5.28. The van der Waals surface area contributed by atoms with Gasteiger partial charge in [-0.2, -0.15) is 0 Å². The second-order valence-electron chi connectivity index (χ2n) is 7.41. The highest BCUT2D eigenvalue weighted by molar-refractivity contribution is 9.11. The normalized spacial score (nSPS) is 14.5. The van der Waals surface area contributed by atoms with Crippen molar-refractivity contribution in [1.29, 1.82) is 0 Å². The fourth-order valence-corrected chi connectivity index (χ4v) is 5.21. The third kappa shape index (κ3) is 3.74. The summed E-state index contributed by atoms with van der Waals surface area (Å²) in [7, 11) is 0. The maximum absolute atomic E-state index is 13.5. The molecule has 1 aliphatic rings. The summed E-state index contributed by atoms with van der Waals surface area (Å²) in [5.74, 6) is 0.339. The Labute approximate surface area is 190 Å². The number of benzene rings is 1.